The van der Waals surface area contributed by atoms with E-state index in [2.05, 4.69) is 68.2 Å². The van der Waals surface area contributed by atoms with Gasteiger partial charge in [-0.1, -0.05) is 73.8 Å². The number of carbonyl (C=O) groups is 1. The van der Waals surface area contributed by atoms with Crippen LogP contribution in [0.1, 0.15) is 99.3 Å². The van der Waals surface area contributed by atoms with Crippen LogP contribution < -0.4 is 0 Å². The Bertz CT molecular complexity index is 683. The zero-order chi connectivity index (χ0) is 23.4. The molecule has 5 unspecified atom stereocenters. The van der Waals surface area contributed by atoms with Crippen molar-refractivity contribution in [3.05, 3.63) is 46.6 Å². The predicted molar refractivity (Wildman–Crippen MR) is 140 cm³/mol. The molecule has 0 aromatic heterocycles. The maximum atomic E-state index is 10.9. The second-order valence-corrected chi connectivity index (χ2v) is 10.7. The number of rotatable bonds is 14. The summed E-state index contributed by atoms with van der Waals surface area (Å²) >= 11 is 0. The second kappa shape index (κ2) is 14.8. The summed E-state index contributed by atoms with van der Waals surface area (Å²) in [6, 6.07) is 0. The summed E-state index contributed by atoms with van der Waals surface area (Å²) in [6.45, 7) is 13.2. The van der Waals surface area contributed by atoms with Crippen LogP contribution in [0.2, 0.25) is 0 Å². The fraction of sp³-hybridized carbons (Fsp3) is 0.679. The van der Waals surface area contributed by atoms with Crippen LogP contribution in [0.25, 0.3) is 0 Å². The summed E-state index contributed by atoms with van der Waals surface area (Å²) in [5.41, 5.74) is 6.60. The largest absolute Gasteiger partial charge is 0.481 e. The topological polar surface area (TPSA) is 37.3 Å². The van der Waals surface area contributed by atoms with Gasteiger partial charge in [0.25, 0.3) is 0 Å². The average Bonchev–Trinajstić information content (AvgIpc) is 2.71. The van der Waals surface area contributed by atoms with Crippen molar-refractivity contribution in [2.45, 2.75) is 105 Å². The van der Waals surface area contributed by atoms with Gasteiger partial charge in [-0.3, -0.25) is 4.79 Å². The Morgan fingerprint density at radius 2 is 1.71 bits per heavy atom. The molecule has 5 atom stereocenters. The van der Waals surface area contributed by atoms with E-state index in [9.17, 15) is 4.79 Å². The van der Waals surface area contributed by atoms with Gasteiger partial charge in [-0.2, -0.15) is 0 Å². The smallest absolute Gasteiger partial charge is 0.306 e. The first-order valence-electron chi connectivity index (χ1n) is 12.3. The van der Waals surface area contributed by atoms with Crippen molar-refractivity contribution < 1.29 is 9.90 Å². The zero-order valence-corrected chi connectivity index (χ0v) is 22.1. The first-order chi connectivity index (χ1) is 14.6. The van der Waals surface area contributed by atoms with E-state index in [4.69, 9.17) is 5.11 Å². The maximum Gasteiger partial charge on any atom is 0.306 e. The molecule has 2 nitrogen and oxygen atoms in total. The lowest BCUT2D eigenvalue weighted by Crippen LogP contribution is -2.18. The molecular weight excluding hydrogens is 399 g/mol. The Morgan fingerprint density at radius 3 is 2.39 bits per heavy atom. The Balaban J connectivity index is 2.22. The molecule has 0 bridgehead atoms. The third-order valence-corrected chi connectivity index (χ3v) is 7.99. The standard InChI is InChI=1S/C28H47O2P/c1-20(10-7-11-21(2)14-9-15-24(5)28(29)30)12-8-13-22(3)16-18-26-19-17-23(4)25(6)27(26)31/h10,14,17,19,22,24-25,27H,7-9,11-13,15-16,18,31H2,1-6H3,(H,29,30)/b20-10+,21-14+. The van der Waals surface area contributed by atoms with Crippen LogP contribution >= 0.6 is 9.24 Å². The Kier molecular flexibility index (Phi) is 13.3. The van der Waals surface area contributed by atoms with E-state index in [1.807, 2.05) is 0 Å². The summed E-state index contributed by atoms with van der Waals surface area (Å²) in [5.74, 6) is 0.492. The highest BCUT2D eigenvalue weighted by Gasteiger charge is 2.21. The van der Waals surface area contributed by atoms with Gasteiger partial charge in [0.15, 0.2) is 0 Å². The lowest BCUT2D eigenvalue weighted by Gasteiger charge is -2.27. The SMILES string of the molecule is CC1=CC=C(CCC(C)CCC/C(C)=C/CC/C(C)=C/CCC(C)C(=O)O)C(P)C1C. The van der Waals surface area contributed by atoms with Gasteiger partial charge in [0, 0.05) is 5.66 Å². The Labute approximate surface area is 194 Å². The lowest BCUT2D eigenvalue weighted by atomic mass is 9.85. The minimum absolute atomic E-state index is 0.250. The van der Waals surface area contributed by atoms with Crippen LogP contribution in [-0.2, 0) is 4.79 Å². The maximum absolute atomic E-state index is 10.9. The van der Waals surface area contributed by atoms with Gasteiger partial charge in [0.1, 0.15) is 0 Å². The van der Waals surface area contributed by atoms with Crippen LogP contribution in [0, 0.1) is 17.8 Å². The normalized spacial score (nSPS) is 22.0. The van der Waals surface area contributed by atoms with E-state index in [-0.39, 0.29) is 5.92 Å². The molecule has 31 heavy (non-hydrogen) atoms. The molecule has 0 aliphatic heterocycles. The molecule has 176 valence electrons. The number of hydrogen-bond acceptors (Lipinski definition) is 1. The summed E-state index contributed by atoms with van der Waals surface area (Å²) < 4.78 is 0. The van der Waals surface area contributed by atoms with E-state index in [1.54, 1.807) is 12.5 Å². The van der Waals surface area contributed by atoms with Gasteiger partial charge in [0.2, 0.25) is 0 Å². The first-order valence-corrected chi connectivity index (χ1v) is 12.9. The van der Waals surface area contributed by atoms with E-state index < -0.39 is 5.97 Å². The van der Waals surface area contributed by atoms with Crippen molar-refractivity contribution in [1.29, 1.82) is 0 Å². The number of aliphatic carboxylic acids is 1. The molecule has 0 spiro atoms. The highest BCUT2D eigenvalue weighted by Crippen LogP contribution is 2.34. The average molecular weight is 447 g/mol. The van der Waals surface area contributed by atoms with Crippen LogP contribution in [0.15, 0.2) is 46.6 Å². The third-order valence-electron chi connectivity index (χ3n) is 6.98. The van der Waals surface area contributed by atoms with Crippen LogP contribution in [0.5, 0.6) is 0 Å². The minimum atomic E-state index is -0.694. The predicted octanol–water partition coefficient (Wildman–Crippen LogP) is 8.51. The second-order valence-electron chi connectivity index (χ2n) is 9.96. The molecule has 0 radical (unpaired) electrons. The van der Waals surface area contributed by atoms with Crippen LogP contribution in [0.4, 0.5) is 0 Å². The Morgan fingerprint density at radius 1 is 1.06 bits per heavy atom. The van der Waals surface area contributed by atoms with Crippen molar-refractivity contribution in [2.24, 2.45) is 17.8 Å². The van der Waals surface area contributed by atoms with Gasteiger partial charge < -0.3 is 5.11 Å². The third kappa shape index (κ3) is 11.3. The monoisotopic (exact) mass is 446 g/mol. The molecular formula is C28H47O2P. The van der Waals surface area contributed by atoms with Gasteiger partial charge in [-0.05, 0) is 84.0 Å². The molecule has 0 saturated heterocycles. The molecule has 1 rings (SSSR count). The van der Waals surface area contributed by atoms with E-state index in [0.717, 1.165) is 31.6 Å². The molecule has 0 aromatic carbocycles. The van der Waals surface area contributed by atoms with Gasteiger partial charge in [-0.25, -0.2) is 0 Å². The fourth-order valence-corrected chi connectivity index (χ4v) is 4.68. The number of hydrogen-bond donors (Lipinski definition) is 1. The number of carboxylic acid groups (broad SMARTS) is 1. The lowest BCUT2D eigenvalue weighted by molar-refractivity contribution is -0.141. The minimum Gasteiger partial charge on any atom is -0.481 e. The van der Waals surface area contributed by atoms with Crippen molar-refractivity contribution in [3.8, 4) is 0 Å². The van der Waals surface area contributed by atoms with E-state index >= 15 is 0 Å². The number of carboxylic acids is 1. The number of allylic oxidation sites excluding steroid dienone is 8. The quantitative estimate of drug-likeness (QED) is 0.214. The molecule has 0 aromatic rings. The zero-order valence-electron chi connectivity index (χ0n) is 20.9. The summed E-state index contributed by atoms with van der Waals surface area (Å²) in [6.07, 6.45) is 19.4. The van der Waals surface area contributed by atoms with Crippen molar-refractivity contribution in [1.82, 2.24) is 0 Å². The summed E-state index contributed by atoms with van der Waals surface area (Å²) in [5, 5.41) is 8.94. The molecule has 1 N–H and O–H groups in total. The van der Waals surface area contributed by atoms with E-state index in [1.165, 1.54) is 48.8 Å². The Hall–Kier alpha value is -1.14. The summed E-state index contributed by atoms with van der Waals surface area (Å²) in [4.78, 5) is 10.9. The van der Waals surface area contributed by atoms with Gasteiger partial charge in [-0.15, -0.1) is 9.24 Å². The van der Waals surface area contributed by atoms with Gasteiger partial charge in [0.05, 0.1) is 5.92 Å². The molecule has 0 amide bonds. The van der Waals surface area contributed by atoms with Crippen molar-refractivity contribution in [3.63, 3.8) is 0 Å². The molecule has 0 saturated carbocycles. The molecule has 1 aliphatic rings. The molecule has 3 heteroatoms. The van der Waals surface area contributed by atoms with Gasteiger partial charge >= 0.3 is 5.97 Å². The molecule has 0 fully saturated rings. The van der Waals surface area contributed by atoms with Crippen LogP contribution in [-0.4, -0.2) is 16.7 Å². The summed E-state index contributed by atoms with van der Waals surface area (Å²) in [7, 11) is 3.06. The molecule has 1 aliphatic carbocycles. The van der Waals surface area contributed by atoms with E-state index in [0.29, 0.717) is 11.6 Å². The highest BCUT2D eigenvalue weighted by molar-refractivity contribution is 7.18. The molecule has 0 heterocycles. The highest BCUT2D eigenvalue weighted by atomic mass is 31.0. The fourth-order valence-electron chi connectivity index (χ4n) is 4.10. The van der Waals surface area contributed by atoms with Crippen molar-refractivity contribution >= 4 is 15.2 Å². The first kappa shape index (κ1) is 27.9. The van der Waals surface area contributed by atoms with Crippen molar-refractivity contribution in [2.75, 3.05) is 0 Å². The van der Waals surface area contributed by atoms with Crippen LogP contribution in [0.3, 0.4) is 0 Å².